The molecule has 4 nitrogen and oxygen atoms in total. The van der Waals surface area contributed by atoms with Crippen LogP contribution < -0.4 is 0 Å². The van der Waals surface area contributed by atoms with Gasteiger partial charge >= 0.3 is 0 Å². The average molecular weight is 663 g/mol. The van der Waals surface area contributed by atoms with Gasteiger partial charge in [-0.2, -0.15) is 5.26 Å². The van der Waals surface area contributed by atoms with Crippen molar-refractivity contribution >= 4 is 21.7 Å². The Balaban J connectivity index is 1.08. The lowest BCUT2D eigenvalue weighted by atomic mass is 9.90. The minimum atomic E-state index is 0.622. The van der Waals surface area contributed by atoms with Crippen LogP contribution in [0.3, 0.4) is 0 Å². The van der Waals surface area contributed by atoms with E-state index in [0.717, 1.165) is 83.1 Å². The topological polar surface area (TPSA) is 62.5 Å². The zero-order valence-electron chi connectivity index (χ0n) is 28.1. The Morgan fingerprint density at radius 3 is 1.71 bits per heavy atom. The molecule has 4 heteroatoms. The summed E-state index contributed by atoms with van der Waals surface area (Å²) in [5.74, 6) is 0.698. The predicted octanol–water partition coefficient (Wildman–Crippen LogP) is 12.1. The third kappa shape index (κ3) is 5.77. The Bertz CT molecular complexity index is 2770. The van der Waals surface area contributed by atoms with E-state index in [2.05, 4.69) is 120 Å². The van der Waals surface area contributed by atoms with Crippen LogP contribution in [0.5, 0.6) is 0 Å². The summed E-state index contributed by atoms with van der Waals surface area (Å²) in [6.45, 7) is 0. The third-order valence-corrected chi connectivity index (χ3v) is 9.58. The fourth-order valence-corrected chi connectivity index (χ4v) is 7.00. The molecule has 7 aromatic carbocycles. The van der Waals surface area contributed by atoms with Crippen molar-refractivity contribution in [3.63, 3.8) is 0 Å². The molecule has 0 aliphatic carbocycles. The van der Waals surface area contributed by atoms with Gasteiger partial charge in [0.05, 0.1) is 28.5 Å². The van der Waals surface area contributed by atoms with Gasteiger partial charge in [-0.1, -0.05) is 140 Å². The molecule has 2 heterocycles. The van der Waals surface area contributed by atoms with Gasteiger partial charge in [0.15, 0.2) is 5.82 Å². The molecule has 0 amide bonds. The van der Waals surface area contributed by atoms with Crippen molar-refractivity contribution in [3.05, 3.63) is 188 Å². The van der Waals surface area contributed by atoms with Crippen molar-refractivity contribution in [2.75, 3.05) is 0 Å². The Labute approximate surface area is 302 Å². The van der Waals surface area contributed by atoms with E-state index in [-0.39, 0.29) is 0 Å². The van der Waals surface area contributed by atoms with Crippen LogP contribution in [-0.4, -0.2) is 15.0 Å². The molecule has 0 N–H and O–H groups in total. The van der Waals surface area contributed by atoms with Crippen molar-refractivity contribution in [1.29, 1.82) is 5.26 Å². The number of nitrogens with zero attached hydrogens (tertiary/aromatic N) is 4. The number of hydrogen-bond acceptors (Lipinski definition) is 4. The highest BCUT2D eigenvalue weighted by Crippen LogP contribution is 2.38. The fourth-order valence-electron chi connectivity index (χ4n) is 7.00. The van der Waals surface area contributed by atoms with Crippen molar-refractivity contribution in [2.24, 2.45) is 0 Å². The molecule has 0 saturated heterocycles. The number of pyridine rings is 1. The minimum Gasteiger partial charge on any atom is -0.256 e. The molecule has 0 fully saturated rings. The molecule has 2 aromatic heterocycles. The lowest BCUT2D eigenvalue weighted by molar-refractivity contribution is 1.23. The Morgan fingerprint density at radius 1 is 0.404 bits per heavy atom. The number of nitriles is 1. The van der Waals surface area contributed by atoms with Gasteiger partial charge in [-0.05, 0) is 80.6 Å². The molecule has 52 heavy (non-hydrogen) atoms. The molecule has 242 valence electrons. The summed E-state index contributed by atoms with van der Waals surface area (Å²) >= 11 is 0. The van der Waals surface area contributed by atoms with Gasteiger partial charge in [0, 0.05) is 28.3 Å². The number of rotatable bonds is 6. The predicted molar refractivity (Wildman–Crippen MR) is 212 cm³/mol. The molecule has 0 aliphatic heterocycles. The molecule has 0 saturated carbocycles. The van der Waals surface area contributed by atoms with Gasteiger partial charge in [0.25, 0.3) is 0 Å². The van der Waals surface area contributed by atoms with Crippen LogP contribution in [-0.2, 0) is 0 Å². The summed E-state index contributed by atoms with van der Waals surface area (Å²) in [6, 6.07) is 62.6. The highest BCUT2D eigenvalue weighted by molar-refractivity contribution is 6.05. The lowest BCUT2D eigenvalue weighted by Crippen LogP contribution is -1.95. The quantitative estimate of drug-likeness (QED) is 0.178. The summed E-state index contributed by atoms with van der Waals surface area (Å²) in [6.07, 6.45) is 1.80. The summed E-state index contributed by atoms with van der Waals surface area (Å²) in [5, 5.41) is 13.3. The van der Waals surface area contributed by atoms with Crippen LogP contribution in [0.25, 0.3) is 89.0 Å². The Kier molecular flexibility index (Phi) is 7.85. The van der Waals surface area contributed by atoms with Crippen LogP contribution in [0, 0.1) is 11.3 Å². The third-order valence-electron chi connectivity index (χ3n) is 9.58. The van der Waals surface area contributed by atoms with Crippen molar-refractivity contribution < 1.29 is 0 Å². The fraction of sp³-hybridized carbons (Fsp3) is 0. The molecule has 0 spiro atoms. The lowest BCUT2D eigenvalue weighted by Gasteiger charge is -2.14. The van der Waals surface area contributed by atoms with Crippen LogP contribution in [0.15, 0.2) is 182 Å². The molecular formula is C48H30N4. The summed E-state index contributed by atoms with van der Waals surface area (Å²) in [7, 11) is 0. The minimum absolute atomic E-state index is 0.622. The SMILES string of the molecule is N#Cc1cc(-c2ccc(-c3ccccn3)cc2)cc(-c2ccc(-c3ccc(-c4nc(-c5ccccc5)c5ccccc5n4)cc3)c3ccccc23)c1. The molecule has 0 radical (unpaired) electrons. The number of aromatic nitrogens is 3. The normalized spacial score (nSPS) is 11.1. The molecule has 9 rings (SSSR count). The largest absolute Gasteiger partial charge is 0.256 e. The molecule has 0 bridgehead atoms. The Hall–Kier alpha value is -7.22. The standard InChI is InChI=1S/C48H30N4/c49-31-32-28-38(33-17-21-35(22-18-33)45-15-8-9-27-50-45)30-39(29-32)41-26-25-40(42-12-4-5-13-43(41)42)34-19-23-37(24-20-34)48-51-46-16-7-6-14-44(46)47(52-48)36-10-2-1-3-11-36/h1-30H. The van der Waals surface area contributed by atoms with Crippen molar-refractivity contribution in [3.8, 4) is 73.4 Å². The van der Waals surface area contributed by atoms with Crippen LogP contribution >= 0.6 is 0 Å². The molecule has 0 aliphatic rings. The van der Waals surface area contributed by atoms with Gasteiger partial charge < -0.3 is 0 Å². The zero-order chi connectivity index (χ0) is 34.9. The first-order valence-corrected chi connectivity index (χ1v) is 17.2. The second kappa shape index (κ2) is 13.2. The van der Waals surface area contributed by atoms with E-state index in [1.807, 2.05) is 66.7 Å². The van der Waals surface area contributed by atoms with E-state index in [9.17, 15) is 5.26 Å². The smallest absolute Gasteiger partial charge is 0.160 e. The van der Waals surface area contributed by atoms with Crippen LogP contribution in [0.2, 0.25) is 0 Å². The number of para-hydroxylation sites is 1. The first-order valence-electron chi connectivity index (χ1n) is 17.2. The maximum Gasteiger partial charge on any atom is 0.160 e. The molecule has 0 atom stereocenters. The van der Waals surface area contributed by atoms with E-state index in [1.54, 1.807) is 6.20 Å². The first-order chi connectivity index (χ1) is 25.7. The number of hydrogen-bond donors (Lipinski definition) is 0. The van der Waals surface area contributed by atoms with Gasteiger partial charge in [-0.15, -0.1) is 0 Å². The molecule has 0 unspecified atom stereocenters. The van der Waals surface area contributed by atoms with Crippen molar-refractivity contribution in [2.45, 2.75) is 0 Å². The van der Waals surface area contributed by atoms with Crippen molar-refractivity contribution in [1.82, 2.24) is 15.0 Å². The average Bonchev–Trinajstić information content (AvgIpc) is 3.23. The number of fused-ring (bicyclic) bond motifs is 2. The van der Waals surface area contributed by atoms with Gasteiger partial charge in [-0.3, -0.25) is 4.98 Å². The van der Waals surface area contributed by atoms with E-state index in [1.165, 1.54) is 0 Å². The summed E-state index contributed by atoms with van der Waals surface area (Å²) in [5.41, 5.74) is 12.8. The van der Waals surface area contributed by atoms with E-state index >= 15 is 0 Å². The van der Waals surface area contributed by atoms with Crippen LogP contribution in [0.1, 0.15) is 5.56 Å². The maximum atomic E-state index is 10.0. The Morgan fingerprint density at radius 2 is 1.00 bits per heavy atom. The molecular weight excluding hydrogens is 633 g/mol. The zero-order valence-corrected chi connectivity index (χ0v) is 28.1. The van der Waals surface area contributed by atoms with Gasteiger partial charge in [-0.25, -0.2) is 9.97 Å². The highest BCUT2D eigenvalue weighted by Gasteiger charge is 2.14. The van der Waals surface area contributed by atoms with E-state index in [0.29, 0.717) is 11.4 Å². The summed E-state index contributed by atoms with van der Waals surface area (Å²) in [4.78, 5) is 14.5. The van der Waals surface area contributed by atoms with E-state index in [4.69, 9.17) is 9.97 Å². The second-order valence-corrected chi connectivity index (χ2v) is 12.8. The monoisotopic (exact) mass is 662 g/mol. The van der Waals surface area contributed by atoms with E-state index < -0.39 is 0 Å². The first kappa shape index (κ1) is 30.8. The molecule has 9 aromatic rings. The summed E-state index contributed by atoms with van der Waals surface area (Å²) < 4.78 is 0. The van der Waals surface area contributed by atoms with Gasteiger partial charge in [0.2, 0.25) is 0 Å². The van der Waals surface area contributed by atoms with Gasteiger partial charge in [0.1, 0.15) is 0 Å². The number of benzene rings is 7. The maximum absolute atomic E-state index is 10.0. The highest BCUT2D eigenvalue weighted by atomic mass is 14.9. The van der Waals surface area contributed by atoms with Crippen LogP contribution in [0.4, 0.5) is 0 Å². The second-order valence-electron chi connectivity index (χ2n) is 12.8.